The van der Waals surface area contributed by atoms with Crippen LogP contribution in [0.1, 0.15) is 31.0 Å². The highest BCUT2D eigenvalue weighted by molar-refractivity contribution is 6.47. The van der Waals surface area contributed by atoms with E-state index in [-0.39, 0.29) is 45.3 Å². The second-order valence-electron chi connectivity index (χ2n) is 9.16. The predicted octanol–water partition coefficient (Wildman–Crippen LogP) is 4.79. The summed E-state index contributed by atoms with van der Waals surface area (Å²) in [6.45, 7) is 4.50. The summed E-state index contributed by atoms with van der Waals surface area (Å²) >= 11 is 12.8. The van der Waals surface area contributed by atoms with Crippen LogP contribution in [0.4, 0.5) is 0 Å². The molecule has 2 aromatic rings. The molecule has 0 spiro atoms. The molecule has 0 radical (unpaired) electrons. The zero-order valence-electron chi connectivity index (χ0n) is 22.4. The molecule has 1 heterocycles. The molecule has 1 aliphatic heterocycles. The van der Waals surface area contributed by atoms with E-state index in [0.29, 0.717) is 23.6 Å². The van der Waals surface area contributed by atoms with Gasteiger partial charge in [0, 0.05) is 13.1 Å². The molecule has 1 aliphatic rings. The number of hydrogen-bond donors (Lipinski definition) is 1. The quantitative estimate of drug-likeness (QED) is 0.249. The van der Waals surface area contributed by atoms with Gasteiger partial charge in [0.1, 0.15) is 10.8 Å². The van der Waals surface area contributed by atoms with Gasteiger partial charge in [0.2, 0.25) is 0 Å². The maximum absolute atomic E-state index is 13.4. The van der Waals surface area contributed by atoms with Crippen LogP contribution in [0, 0.1) is 0 Å². The van der Waals surface area contributed by atoms with Crippen LogP contribution in [-0.2, 0) is 9.59 Å². The molecule has 1 fully saturated rings. The minimum atomic E-state index is -0.929. The first-order chi connectivity index (χ1) is 18.0. The lowest BCUT2D eigenvalue weighted by Crippen LogP contribution is -2.35. The molecule has 11 heteroatoms. The van der Waals surface area contributed by atoms with E-state index in [9.17, 15) is 14.7 Å². The Labute approximate surface area is 232 Å². The first-order valence-electron chi connectivity index (χ1n) is 11.8. The van der Waals surface area contributed by atoms with E-state index in [0.717, 1.165) is 0 Å². The Morgan fingerprint density at radius 1 is 1.03 bits per heavy atom. The number of ether oxygens (including phenoxy) is 4. The molecule has 9 nitrogen and oxygen atoms in total. The van der Waals surface area contributed by atoms with E-state index in [1.54, 1.807) is 18.2 Å². The van der Waals surface area contributed by atoms with E-state index >= 15 is 0 Å². The average Bonchev–Trinajstić information content (AvgIpc) is 3.11. The number of aliphatic hydroxyl groups excluding tert-OH is 1. The molecule has 1 atom stereocenters. The normalized spacial score (nSPS) is 16.9. The lowest BCUT2D eigenvalue weighted by Gasteiger charge is -2.27. The zero-order chi connectivity index (χ0) is 28.3. The van der Waals surface area contributed by atoms with Crippen LogP contribution >= 0.6 is 23.2 Å². The monoisotopic (exact) mass is 566 g/mol. The molecule has 38 heavy (non-hydrogen) atoms. The summed E-state index contributed by atoms with van der Waals surface area (Å²) in [7, 11) is 7.97. The second kappa shape index (κ2) is 12.1. The molecular weight excluding hydrogens is 535 g/mol. The number of carbonyl (C=O) groups is 2. The molecule has 1 unspecified atom stereocenters. The summed E-state index contributed by atoms with van der Waals surface area (Å²) < 4.78 is 22.0. The van der Waals surface area contributed by atoms with Crippen LogP contribution in [-0.4, -0.2) is 81.2 Å². The van der Waals surface area contributed by atoms with Crippen LogP contribution in [0.25, 0.3) is 5.76 Å². The lowest BCUT2D eigenvalue weighted by molar-refractivity contribution is -0.140. The van der Waals surface area contributed by atoms with Gasteiger partial charge in [-0.05, 0) is 51.7 Å². The number of halogens is 2. The number of methoxy groups -OCH3 is 3. The topological polar surface area (TPSA) is 97.8 Å². The fourth-order valence-electron chi connectivity index (χ4n) is 4.26. The van der Waals surface area contributed by atoms with Crippen molar-refractivity contribution in [3.63, 3.8) is 0 Å². The van der Waals surface area contributed by atoms with Crippen molar-refractivity contribution in [1.82, 2.24) is 9.80 Å². The van der Waals surface area contributed by atoms with Crippen molar-refractivity contribution in [3.8, 4) is 23.0 Å². The number of benzene rings is 2. The number of nitrogens with zero attached hydrogens (tertiary/aromatic N) is 2. The Morgan fingerprint density at radius 2 is 1.68 bits per heavy atom. The highest BCUT2D eigenvalue weighted by Crippen LogP contribution is 2.47. The Kier molecular flexibility index (Phi) is 9.40. The third kappa shape index (κ3) is 5.65. The van der Waals surface area contributed by atoms with Gasteiger partial charge in [0.05, 0.1) is 49.6 Å². The molecule has 0 aromatic heterocycles. The van der Waals surface area contributed by atoms with E-state index in [4.69, 9.17) is 42.1 Å². The summed E-state index contributed by atoms with van der Waals surface area (Å²) in [5.74, 6) is -0.959. The van der Waals surface area contributed by atoms with Gasteiger partial charge < -0.3 is 33.9 Å². The van der Waals surface area contributed by atoms with E-state index in [1.807, 2.05) is 32.8 Å². The van der Waals surface area contributed by atoms with E-state index in [1.165, 1.54) is 32.3 Å². The van der Waals surface area contributed by atoms with Gasteiger partial charge in [-0.3, -0.25) is 9.59 Å². The summed E-state index contributed by atoms with van der Waals surface area (Å²) in [5.41, 5.74) is 0.455. The molecular formula is C27H32Cl2N2O7. The number of likely N-dealkylation sites (N-methyl/N-ethyl adjacent to an activating group) is 1. The fraction of sp³-hybridized carbons (Fsp3) is 0.407. The van der Waals surface area contributed by atoms with Crippen molar-refractivity contribution in [3.05, 3.63) is 51.0 Å². The van der Waals surface area contributed by atoms with Crippen molar-refractivity contribution >= 4 is 40.7 Å². The van der Waals surface area contributed by atoms with Gasteiger partial charge in [-0.2, -0.15) is 0 Å². The number of Topliss-reactive ketones (excluding diaryl/α,β-unsaturated/α-hetero) is 1. The van der Waals surface area contributed by atoms with Crippen molar-refractivity contribution in [2.75, 3.05) is 48.5 Å². The molecule has 0 bridgehead atoms. The van der Waals surface area contributed by atoms with Gasteiger partial charge in [-0.15, -0.1) is 0 Å². The number of rotatable bonds is 10. The molecule has 1 N–H and O–H groups in total. The van der Waals surface area contributed by atoms with Crippen molar-refractivity contribution < 1.29 is 33.6 Å². The Bertz CT molecular complexity index is 1260. The SMILES string of the molecule is COc1cc(C2/C(=C(\O)c3cc(Cl)c(OC)c(Cl)c3OC)C(=O)C(=O)N2CCN(C)C)ccc1OC(C)C. The molecule has 1 amide bonds. The van der Waals surface area contributed by atoms with Crippen LogP contribution in [0.5, 0.6) is 23.0 Å². The van der Waals surface area contributed by atoms with Crippen LogP contribution in [0.3, 0.4) is 0 Å². The molecule has 206 valence electrons. The zero-order valence-corrected chi connectivity index (χ0v) is 23.9. The van der Waals surface area contributed by atoms with E-state index in [2.05, 4.69) is 0 Å². The lowest BCUT2D eigenvalue weighted by atomic mass is 9.94. The third-order valence-corrected chi connectivity index (χ3v) is 6.61. The van der Waals surface area contributed by atoms with Gasteiger partial charge in [-0.25, -0.2) is 0 Å². The number of ketones is 1. The fourth-order valence-corrected chi connectivity index (χ4v) is 4.95. The largest absolute Gasteiger partial charge is 0.507 e. The minimum Gasteiger partial charge on any atom is -0.507 e. The Morgan fingerprint density at radius 3 is 2.24 bits per heavy atom. The first kappa shape index (κ1) is 29.4. The molecule has 3 rings (SSSR count). The van der Waals surface area contributed by atoms with Gasteiger partial charge in [0.25, 0.3) is 11.7 Å². The molecule has 2 aromatic carbocycles. The van der Waals surface area contributed by atoms with Gasteiger partial charge in [-0.1, -0.05) is 29.3 Å². The highest BCUT2D eigenvalue weighted by atomic mass is 35.5. The summed E-state index contributed by atoms with van der Waals surface area (Å²) in [6, 6.07) is 5.58. The third-order valence-electron chi connectivity index (χ3n) is 5.99. The minimum absolute atomic E-state index is 0.0132. The molecule has 0 aliphatic carbocycles. The van der Waals surface area contributed by atoms with Crippen LogP contribution in [0.15, 0.2) is 29.8 Å². The summed E-state index contributed by atoms with van der Waals surface area (Å²) in [4.78, 5) is 30.0. The maximum atomic E-state index is 13.4. The number of amides is 1. The smallest absolute Gasteiger partial charge is 0.295 e. The van der Waals surface area contributed by atoms with Gasteiger partial charge >= 0.3 is 0 Å². The first-order valence-corrected chi connectivity index (χ1v) is 12.6. The standard InChI is InChI=1S/C27H32Cl2N2O7/c1-14(2)38-18-9-8-15(12-19(18)35-5)22-20(24(33)27(34)31(22)11-10-30(3)4)23(32)16-13-17(28)26(37-7)21(29)25(16)36-6/h8-9,12-14,22,32H,10-11H2,1-7H3/b23-20+. The Hall–Kier alpha value is -3.14. The van der Waals surface area contributed by atoms with Crippen LogP contribution < -0.4 is 18.9 Å². The predicted molar refractivity (Wildman–Crippen MR) is 146 cm³/mol. The van der Waals surface area contributed by atoms with Crippen molar-refractivity contribution in [1.29, 1.82) is 0 Å². The average molecular weight is 567 g/mol. The maximum Gasteiger partial charge on any atom is 0.295 e. The van der Waals surface area contributed by atoms with Crippen LogP contribution in [0.2, 0.25) is 10.0 Å². The summed E-state index contributed by atoms with van der Waals surface area (Å²) in [6.07, 6.45) is -0.0995. The van der Waals surface area contributed by atoms with Crippen molar-refractivity contribution in [2.24, 2.45) is 0 Å². The Balaban J connectivity index is 2.29. The molecule has 1 saturated heterocycles. The van der Waals surface area contributed by atoms with Gasteiger partial charge in [0.15, 0.2) is 23.0 Å². The number of hydrogen-bond acceptors (Lipinski definition) is 8. The highest BCUT2D eigenvalue weighted by Gasteiger charge is 2.46. The molecule has 0 saturated carbocycles. The summed E-state index contributed by atoms with van der Waals surface area (Å²) in [5, 5.41) is 11.6. The number of carbonyl (C=O) groups excluding carboxylic acids is 2. The second-order valence-corrected chi connectivity index (χ2v) is 9.94. The van der Waals surface area contributed by atoms with E-state index < -0.39 is 23.5 Å². The van der Waals surface area contributed by atoms with Crippen molar-refractivity contribution in [2.45, 2.75) is 26.0 Å². The number of likely N-dealkylation sites (tertiary alicyclic amines) is 1. The number of aliphatic hydroxyl groups is 1.